The second-order valence-electron chi connectivity index (χ2n) is 4.53. The summed E-state index contributed by atoms with van der Waals surface area (Å²) in [5.74, 6) is -0.888. The molecule has 16 heavy (non-hydrogen) atoms. The summed E-state index contributed by atoms with van der Waals surface area (Å²) in [5.41, 5.74) is 0. The molecule has 0 aromatic rings. The molecule has 92 valence electrons. The van der Waals surface area contributed by atoms with Gasteiger partial charge in [0.25, 0.3) is 0 Å². The molecule has 2 unspecified atom stereocenters. The van der Waals surface area contributed by atoms with E-state index in [0.717, 1.165) is 0 Å². The molecule has 1 aliphatic heterocycles. The molecule has 1 fully saturated rings. The summed E-state index contributed by atoms with van der Waals surface area (Å²) in [7, 11) is 5.40. The van der Waals surface area contributed by atoms with E-state index in [0.29, 0.717) is 19.5 Å². The fourth-order valence-electron chi connectivity index (χ4n) is 1.95. The Morgan fingerprint density at radius 3 is 2.56 bits per heavy atom. The number of aliphatic carboxylic acids is 1. The topological polar surface area (TPSA) is 72.9 Å². The molecule has 1 heterocycles. The highest BCUT2D eigenvalue weighted by molar-refractivity contribution is 5.79. The lowest BCUT2D eigenvalue weighted by Crippen LogP contribution is -2.41. The molecule has 0 aliphatic carbocycles. The summed E-state index contributed by atoms with van der Waals surface area (Å²) < 4.78 is 0. The summed E-state index contributed by atoms with van der Waals surface area (Å²) >= 11 is 0. The average Bonchev–Trinajstić information content (AvgIpc) is 2.44. The van der Waals surface area contributed by atoms with E-state index in [9.17, 15) is 9.59 Å². The molecule has 0 saturated carbocycles. The Balaban J connectivity index is 2.41. The maximum absolute atomic E-state index is 11.5. The average molecular weight is 229 g/mol. The molecular weight excluding hydrogens is 210 g/mol. The van der Waals surface area contributed by atoms with Crippen molar-refractivity contribution in [3.8, 4) is 0 Å². The number of carboxylic acid groups (broad SMARTS) is 1. The molecule has 1 rings (SSSR count). The summed E-state index contributed by atoms with van der Waals surface area (Å²) in [6, 6.07) is -0.539. The van der Waals surface area contributed by atoms with E-state index in [2.05, 4.69) is 5.32 Å². The highest BCUT2D eigenvalue weighted by atomic mass is 16.4. The van der Waals surface area contributed by atoms with Crippen molar-refractivity contribution in [2.75, 3.05) is 34.2 Å². The fraction of sp³-hybridized carbons (Fsp3) is 0.800. The number of carboxylic acids is 1. The van der Waals surface area contributed by atoms with Gasteiger partial charge in [0.05, 0.1) is 6.54 Å². The normalized spacial score (nSPS) is 26.0. The van der Waals surface area contributed by atoms with Crippen molar-refractivity contribution in [2.24, 2.45) is 0 Å². The lowest BCUT2D eigenvalue weighted by atomic mass is 10.2. The van der Waals surface area contributed by atoms with E-state index in [-0.39, 0.29) is 11.9 Å². The van der Waals surface area contributed by atoms with E-state index in [1.807, 2.05) is 14.1 Å². The van der Waals surface area contributed by atoms with Crippen LogP contribution in [-0.2, 0) is 9.59 Å². The van der Waals surface area contributed by atoms with Crippen LogP contribution in [0.4, 0.5) is 0 Å². The van der Waals surface area contributed by atoms with Crippen molar-refractivity contribution >= 4 is 11.9 Å². The van der Waals surface area contributed by atoms with E-state index >= 15 is 0 Å². The van der Waals surface area contributed by atoms with Crippen molar-refractivity contribution in [1.29, 1.82) is 0 Å². The van der Waals surface area contributed by atoms with Gasteiger partial charge in [0.2, 0.25) is 5.91 Å². The Bertz CT molecular complexity index is 280. The molecule has 6 nitrogen and oxygen atoms in total. The fourth-order valence-corrected chi connectivity index (χ4v) is 1.95. The zero-order chi connectivity index (χ0) is 12.3. The van der Waals surface area contributed by atoms with Gasteiger partial charge in [-0.3, -0.25) is 14.5 Å². The number of amides is 1. The molecule has 0 bridgehead atoms. The molecule has 0 aromatic carbocycles. The number of carbonyl (C=O) groups is 2. The van der Waals surface area contributed by atoms with Crippen molar-refractivity contribution in [3.63, 3.8) is 0 Å². The predicted molar refractivity (Wildman–Crippen MR) is 59.2 cm³/mol. The summed E-state index contributed by atoms with van der Waals surface area (Å²) in [5, 5.41) is 11.8. The van der Waals surface area contributed by atoms with E-state index in [1.54, 1.807) is 16.8 Å². The van der Waals surface area contributed by atoms with Crippen LogP contribution in [0.5, 0.6) is 0 Å². The number of hydrogen-bond donors (Lipinski definition) is 2. The highest BCUT2D eigenvalue weighted by Gasteiger charge is 2.34. The zero-order valence-corrected chi connectivity index (χ0v) is 9.93. The first-order valence-corrected chi connectivity index (χ1v) is 5.27. The molecule has 2 N–H and O–H groups in total. The molecule has 0 radical (unpaired) electrons. The van der Waals surface area contributed by atoms with Gasteiger partial charge in [0.1, 0.15) is 6.04 Å². The molecule has 6 heteroatoms. The Morgan fingerprint density at radius 1 is 1.50 bits per heavy atom. The maximum Gasteiger partial charge on any atom is 0.320 e. The van der Waals surface area contributed by atoms with Crippen molar-refractivity contribution in [2.45, 2.75) is 18.5 Å². The van der Waals surface area contributed by atoms with E-state index in [1.165, 1.54) is 0 Å². The predicted octanol–water partition coefficient (Wildman–Crippen LogP) is -1.18. The van der Waals surface area contributed by atoms with Gasteiger partial charge < -0.3 is 15.3 Å². The largest absolute Gasteiger partial charge is 0.480 e. The van der Waals surface area contributed by atoms with Crippen LogP contribution in [0, 0.1) is 0 Å². The Labute approximate surface area is 95.2 Å². The van der Waals surface area contributed by atoms with Gasteiger partial charge in [-0.15, -0.1) is 0 Å². The molecule has 1 saturated heterocycles. The van der Waals surface area contributed by atoms with Crippen LogP contribution in [0.2, 0.25) is 0 Å². The first-order chi connectivity index (χ1) is 7.40. The summed E-state index contributed by atoms with van der Waals surface area (Å²) in [4.78, 5) is 25.9. The van der Waals surface area contributed by atoms with E-state index < -0.39 is 12.0 Å². The lowest BCUT2D eigenvalue weighted by Gasteiger charge is -2.15. The summed E-state index contributed by atoms with van der Waals surface area (Å²) in [6.07, 6.45) is 0.477. The van der Waals surface area contributed by atoms with Gasteiger partial charge in [0, 0.05) is 12.6 Å². The molecule has 0 spiro atoms. The van der Waals surface area contributed by atoms with Crippen LogP contribution in [0.3, 0.4) is 0 Å². The standard InChI is InChI=1S/C10H19N3O3/c1-12(2)6-9(14)11-7-4-8(10(15)16)13(3)5-7/h7-8H,4-6H2,1-3H3,(H,11,14)(H,15,16). The highest BCUT2D eigenvalue weighted by Crippen LogP contribution is 2.15. The third kappa shape index (κ3) is 3.46. The van der Waals surface area contributed by atoms with Gasteiger partial charge in [-0.05, 0) is 27.6 Å². The lowest BCUT2D eigenvalue weighted by molar-refractivity contribution is -0.141. The minimum Gasteiger partial charge on any atom is -0.480 e. The molecule has 2 atom stereocenters. The molecule has 0 aromatic heterocycles. The Hall–Kier alpha value is -1.14. The van der Waals surface area contributed by atoms with Crippen LogP contribution in [0.25, 0.3) is 0 Å². The quantitative estimate of drug-likeness (QED) is 0.635. The van der Waals surface area contributed by atoms with Crippen molar-refractivity contribution < 1.29 is 14.7 Å². The number of nitrogens with one attached hydrogen (secondary N) is 1. The number of hydrogen-bond acceptors (Lipinski definition) is 4. The first kappa shape index (κ1) is 12.9. The Kier molecular flexibility index (Phi) is 4.26. The van der Waals surface area contributed by atoms with Crippen LogP contribution >= 0.6 is 0 Å². The zero-order valence-electron chi connectivity index (χ0n) is 9.93. The Morgan fingerprint density at radius 2 is 2.12 bits per heavy atom. The van der Waals surface area contributed by atoms with Crippen molar-refractivity contribution in [3.05, 3.63) is 0 Å². The van der Waals surface area contributed by atoms with Crippen LogP contribution in [-0.4, -0.2) is 73.1 Å². The van der Waals surface area contributed by atoms with Crippen LogP contribution in [0.15, 0.2) is 0 Å². The van der Waals surface area contributed by atoms with Gasteiger partial charge in [-0.25, -0.2) is 0 Å². The number of rotatable bonds is 4. The SMILES string of the molecule is CN(C)CC(=O)NC1CC(C(=O)O)N(C)C1. The maximum atomic E-state index is 11.5. The van der Waals surface area contributed by atoms with Crippen LogP contribution < -0.4 is 5.32 Å². The van der Waals surface area contributed by atoms with Crippen molar-refractivity contribution in [1.82, 2.24) is 15.1 Å². The van der Waals surface area contributed by atoms with Gasteiger partial charge in [-0.2, -0.15) is 0 Å². The van der Waals surface area contributed by atoms with Crippen LogP contribution in [0.1, 0.15) is 6.42 Å². The third-order valence-electron chi connectivity index (χ3n) is 2.66. The number of likely N-dealkylation sites (N-methyl/N-ethyl adjacent to an activating group) is 2. The summed E-state index contributed by atoms with van der Waals surface area (Å²) in [6.45, 7) is 0.925. The molecule has 1 aliphatic rings. The second kappa shape index (κ2) is 5.27. The minimum atomic E-state index is -0.827. The third-order valence-corrected chi connectivity index (χ3v) is 2.66. The minimum absolute atomic E-state index is 0.0569. The molecule has 1 amide bonds. The van der Waals surface area contributed by atoms with Gasteiger partial charge >= 0.3 is 5.97 Å². The molecular formula is C10H19N3O3. The number of nitrogens with zero attached hydrogens (tertiary/aromatic N) is 2. The van der Waals surface area contributed by atoms with E-state index in [4.69, 9.17) is 5.11 Å². The smallest absolute Gasteiger partial charge is 0.320 e. The number of likely N-dealkylation sites (tertiary alicyclic amines) is 1. The monoisotopic (exact) mass is 229 g/mol. The van der Waals surface area contributed by atoms with Gasteiger partial charge in [0.15, 0.2) is 0 Å². The second-order valence-corrected chi connectivity index (χ2v) is 4.53. The number of carbonyl (C=O) groups excluding carboxylic acids is 1. The van der Waals surface area contributed by atoms with Gasteiger partial charge in [-0.1, -0.05) is 0 Å². The first-order valence-electron chi connectivity index (χ1n) is 5.27.